The maximum Gasteiger partial charge on any atom is 0.0406 e. The zero-order valence-electron chi connectivity index (χ0n) is 10.6. The van der Waals surface area contributed by atoms with E-state index >= 15 is 0 Å². The first kappa shape index (κ1) is 12.9. The van der Waals surface area contributed by atoms with Gasteiger partial charge in [0.15, 0.2) is 0 Å². The van der Waals surface area contributed by atoms with Crippen LogP contribution in [-0.4, -0.2) is 6.54 Å². The van der Waals surface area contributed by atoms with E-state index in [2.05, 4.69) is 24.4 Å². The van der Waals surface area contributed by atoms with Gasteiger partial charge in [-0.1, -0.05) is 43.5 Å². The van der Waals surface area contributed by atoms with Crippen molar-refractivity contribution in [3.8, 4) is 0 Å². The second-order valence-corrected chi connectivity index (χ2v) is 5.46. The largest absolute Gasteiger partial charge is 0.310 e. The lowest BCUT2D eigenvalue weighted by molar-refractivity contribution is 0.469. The molecule has 0 radical (unpaired) electrons. The van der Waals surface area contributed by atoms with Crippen LogP contribution in [0.4, 0.5) is 0 Å². The first-order chi connectivity index (χ1) is 8.31. The number of halogens is 1. The van der Waals surface area contributed by atoms with E-state index in [1.54, 1.807) is 0 Å². The van der Waals surface area contributed by atoms with Gasteiger partial charge in [0.05, 0.1) is 0 Å². The molecule has 0 heterocycles. The summed E-state index contributed by atoms with van der Waals surface area (Å²) in [5.74, 6) is 0.845. The Balaban J connectivity index is 1.90. The molecule has 1 aliphatic carbocycles. The van der Waals surface area contributed by atoms with Crippen LogP contribution in [0.2, 0.25) is 5.02 Å². The molecule has 1 aliphatic rings. The summed E-state index contributed by atoms with van der Waals surface area (Å²) in [6, 6.07) is 8.88. The van der Waals surface area contributed by atoms with E-state index < -0.39 is 0 Å². The highest BCUT2D eigenvalue weighted by Crippen LogP contribution is 2.41. The number of hydrogen-bond donors (Lipinski definition) is 1. The average molecular weight is 252 g/mol. The smallest absolute Gasteiger partial charge is 0.0406 e. The number of benzene rings is 1. The minimum Gasteiger partial charge on any atom is -0.310 e. The molecule has 94 valence electrons. The highest BCUT2D eigenvalue weighted by Gasteiger charge is 2.31. The minimum absolute atomic E-state index is 0.545. The highest BCUT2D eigenvalue weighted by molar-refractivity contribution is 6.30. The first-order valence-corrected chi connectivity index (χ1v) is 7.18. The summed E-state index contributed by atoms with van der Waals surface area (Å²) in [5, 5.41) is 4.54. The maximum absolute atomic E-state index is 5.94. The molecular weight excluding hydrogens is 230 g/mol. The van der Waals surface area contributed by atoms with Crippen molar-refractivity contribution in [1.29, 1.82) is 0 Å². The van der Waals surface area contributed by atoms with Gasteiger partial charge in [0.25, 0.3) is 0 Å². The molecule has 0 aromatic heterocycles. The van der Waals surface area contributed by atoms with Crippen molar-refractivity contribution in [1.82, 2.24) is 5.32 Å². The zero-order valence-corrected chi connectivity index (χ0v) is 11.3. The lowest BCUT2D eigenvalue weighted by atomic mass is 10.0. The van der Waals surface area contributed by atoms with Gasteiger partial charge in [-0.05, 0) is 49.4 Å². The third-order valence-corrected chi connectivity index (χ3v) is 3.72. The topological polar surface area (TPSA) is 12.0 Å². The van der Waals surface area contributed by atoms with E-state index in [1.165, 1.54) is 37.7 Å². The zero-order chi connectivity index (χ0) is 12.1. The Morgan fingerprint density at radius 1 is 1.24 bits per heavy atom. The normalized spacial score (nSPS) is 17.1. The van der Waals surface area contributed by atoms with Gasteiger partial charge >= 0.3 is 0 Å². The number of nitrogens with one attached hydrogen (secondary N) is 1. The van der Waals surface area contributed by atoms with E-state index in [0.717, 1.165) is 17.5 Å². The predicted molar refractivity (Wildman–Crippen MR) is 74.4 cm³/mol. The van der Waals surface area contributed by atoms with E-state index in [0.29, 0.717) is 6.04 Å². The molecule has 0 aliphatic heterocycles. The van der Waals surface area contributed by atoms with Gasteiger partial charge in [-0.2, -0.15) is 0 Å². The molecule has 0 bridgehead atoms. The number of hydrogen-bond acceptors (Lipinski definition) is 1. The lowest BCUT2D eigenvalue weighted by Gasteiger charge is -2.18. The van der Waals surface area contributed by atoms with Gasteiger partial charge < -0.3 is 5.32 Å². The Labute approximate surface area is 110 Å². The standard InChI is InChI=1S/C15H22ClN/c1-2-3-4-11-17-15(12-5-6-12)13-7-9-14(16)10-8-13/h7-10,12,15,17H,2-6,11H2,1H3. The number of unbranched alkanes of at least 4 members (excludes halogenated alkanes) is 2. The summed E-state index contributed by atoms with van der Waals surface area (Å²) in [6.45, 7) is 3.38. The third kappa shape index (κ3) is 4.01. The molecule has 1 aromatic carbocycles. The summed E-state index contributed by atoms with van der Waals surface area (Å²) in [7, 11) is 0. The van der Waals surface area contributed by atoms with Crippen molar-refractivity contribution in [2.45, 2.75) is 45.1 Å². The molecule has 0 saturated heterocycles. The van der Waals surface area contributed by atoms with Crippen LogP contribution in [-0.2, 0) is 0 Å². The second kappa shape index (κ2) is 6.42. The molecule has 1 saturated carbocycles. The monoisotopic (exact) mass is 251 g/mol. The van der Waals surface area contributed by atoms with Gasteiger partial charge in [0.1, 0.15) is 0 Å². The molecule has 0 amide bonds. The van der Waals surface area contributed by atoms with E-state index in [9.17, 15) is 0 Å². The first-order valence-electron chi connectivity index (χ1n) is 6.80. The lowest BCUT2D eigenvalue weighted by Crippen LogP contribution is -2.24. The Kier molecular flexibility index (Phi) is 4.87. The summed E-state index contributed by atoms with van der Waals surface area (Å²) >= 11 is 5.94. The fourth-order valence-electron chi connectivity index (χ4n) is 2.29. The van der Waals surface area contributed by atoms with Crippen LogP contribution < -0.4 is 5.32 Å². The molecule has 2 rings (SSSR count). The Bertz CT molecular complexity index is 329. The van der Waals surface area contributed by atoms with Gasteiger partial charge in [-0.25, -0.2) is 0 Å². The molecule has 2 heteroatoms. The minimum atomic E-state index is 0.545. The van der Waals surface area contributed by atoms with Crippen LogP contribution in [0.3, 0.4) is 0 Å². The fraction of sp³-hybridized carbons (Fsp3) is 0.600. The van der Waals surface area contributed by atoms with Crippen molar-refractivity contribution in [2.75, 3.05) is 6.54 Å². The molecule has 17 heavy (non-hydrogen) atoms. The molecule has 0 spiro atoms. The highest BCUT2D eigenvalue weighted by atomic mass is 35.5. The van der Waals surface area contributed by atoms with Crippen molar-refractivity contribution in [2.24, 2.45) is 5.92 Å². The van der Waals surface area contributed by atoms with Crippen LogP contribution >= 0.6 is 11.6 Å². The van der Waals surface area contributed by atoms with E-state index in [-0.39, 0.29) is 0 Å². The van der Waals surface area contributed by atoms with Crippen LogP contribution in [0.25, 0.3) is 0 Å². The summed E-state index contributed by atoms with van der Waals surface area (Å²) in [6.07, 6.45) is 6.64. The third-order valence-electron chi connectivity index (χ3n) is 3.47. The van der Waals surface area contributed by atoms with Crippen molar-refractivity contribution in [3.63, 3.8) is 0 Å². The van der Waals surface area contributed by atoms with Gasteiger partial charge in [-0.15, -0.1) is 0 Å². The van der Waals surface area contributed by atoms with Crippen LogP contribution in [0.15, 0.2) is 24.3 Å². The van der Waals surface area contributed by atoms with Crippen LogP contribution in [0.5, 0.6) is 0 Å². The molecule has 1 unspecified atom stereocenters. The molecule has 1 fully saturated rings. The van der Waals surface area contributed by atoms with Crippen LogP contribution in [0, 0.1) is 5.92 Å². The van der Waals surface area contributed by atoms with E-state index in [4.69, 9.17) is 11.6 Å². The summed E-state index contributed by atoms with van der Waals surface area (Å²) in [5.41, 5.74) is 1.40. The molecule has 1 nitrogen and oxygen atoms in total. The summed E-state index contributed by atoms with van der Waals surface area (Å²) in [4.78, 5) is 0. The van der Waals surface area contributed by atoms with Crippen molar-refractivity contribution < 1.29 is 0 Å². The average Bonchev–Trinajstić information content (AvgIpc) is 3.15. The predicted octanol–water partition coefficient (Wildman–Crippen LogP) is 4.57. The summed E-state index contributed by atoms with van der Waals surface area (Å²) < 4.78 is 0. The van der Waals surface area contributed by atoms with E-state index in [1.807, 2.05) is 12.1 Å². The van der Waals surface area contributed by atoms with Crippen molar-refractivity contribution in [3.05, 3.63) is 34.9 Å². The SMILES string of the molecule is CCCCCNC(c1ccc(Cl)cc1)C1CC1. The molecular formula is C15H22ClN. The molecule has 1 N–H and O–H groups in total. The van der Waals surface area contributed by atoms with Gasteiger partial charge in [0.2, 0.25) is 0 Å². The Morgan fingerprint density at radius 2 is 1.94 bits per heavy atom. The number of rotatable bonds is 7. The second-order valence-electron chi connectivity index (χ2n) is 5.03. The fourth-order valence-corrected chi connectivity index (χ4v) is 2.41. The maximum atomic E-state index is 5.94. The molecule has 1 atom stereocenters. The van der Waals surface area contributed by atoms with Crippen molar-refractivity contribution >= 4 is 11.6 Å². The quantitative estimate of drug-likeness (QED) is 0.700. The van der Waals surface area contributed by atoms with Gasteiger partial charge in [0, 0.05) is 11.1 Å². The molecule has 1 aromatic rings. The van der Waals surface area contributed by atoms with Gasteiger partial charge in [-0.3, -0.25) is 0 Å². The Morgan fingerprint density at radius 3 is 2.53 bits per heavy atom. The Hall–Kier alpha value is -0.530. The van der Waals surface area contributed by atoms with Crippen LogP contribution in [0.1, 0.15) is 50.6 Å².